The van der Waals surface area contributed by atoms with Crippen LogP contribution in [0.5, 0.6) is 5.75 Å². The number of benzene rings is 2. The topological polar surface area (TPSA) is 96.0 Å². The second-order valence-electron chi connectivity index (χ2n) is 8.33. The maximum Gasteiger partial charge on any atom is 0.244 e. The maximum absolute atomic E-state index is 13.7. The minimum Gasteiger partial charge on any atom is -0.497 e. The normalized spacial score (nSPS) is 13.0. The molecule has 0 unspecified atom stereocenters. The van der Waals surface area contributed by atoms with Crippen LogP contribution >= 0.6 is 15.9 Å². The smallest absolute Gasteiger partial charge is 0.244 e. The summed E-state index contributed by atoms with van der Waals surface area (Å²) in [5, 5.41) is 2.95. The summed E-state index contributed by atoms with van der Waals surface area (Å²) in [4.78, 5) is 28.2. The number of sulfonamides is 1. The zero-order valence-electron chi connectivity index (χ0n) is 20.8. The number of carbonyl (C=O) groups excluding carboxylic acids is 2. The van der Waals surface area contributed by atoms with Gasteiger partial charge in [0, 0.05) is 17.1 Å². The van der Waals surface area contributed by atoms with Gasteiger partial charge in [0.2, 0.25) is 21.8 Å². The van der Waals surface area contributed by atoms with E-state index in [4.69, 9.17) is 4.74 Å². The third kappa shape index (κ3) is 7.96. The second-order valence-corrected chi connectivity index (χ2v) is 11.1. The zero-order chi connectivity index (χ0) is 26.2. The summed E-state index contributed by atoms with van der Waals surface area (Å²) in [7, 11) is -2.22. The van der Waals surface area contributed by atoms with Crippen LogP contribution in [0.25, 0.3) is 0 Å². The van der Waals surface area contributed by atoms with Crippen molar-refractivity contribution in [2.24, 2.45) is 0 Å². The predicted octanol–water partition coefficient (Wildman–Crippen LogP) is 3.95. The van der Waals surface area contributed by atoms with Crippen LogP contribution in [0.15, 0.2) is 53.0 Å². The molecular formula is C25H34BrN3O5S. The van der Waals surface area contributed by atoms with Crippen LogP contribution in [0.4, 0.5) is 5.69 Å². The molecular weight excluding hydrogens is 534 g/mol. The first-order valence-corrected chi connectivity index (χ1v) is 14.1. The van der Waals surface area contributed by atoms with Gasteiger partial charge in [-0.05, 0) is 65.5 Å². The lowest BCUT2D eigenvalue weighted by Gasteiger charge is -2.33. The van der Waals surface area contributed by atoms with Crippen molar-refractivity contribution >= 4 is 43.5 Å². The Labute approximate surface area is 216 Å². The van der Waals surface area contributed by atoms with Crippen molar-refractivity contribution in [3.05, 3.63) is 58.6 Å². The zero-order valence-corrected chi connectivity index (χ0v) is 23.2. The van der Waals surface area contributed by atoms with Gasteiger partial charge in [0.15, 0.2) is 0 Å². The average molecular weight is 569 g/mol. The quantitative estimate of drug-likeness (QED) is 0.419. The predicted molar refractivity (Wildman–Crippen MR) is 142 cm³/mol. The van der Waals surface area contributed by atoms with E-state index < -0.39 is 28.5 Å². The molecule has 8 nitrogen and oxygen atoms in total. The highest BCUT2D eigenvalue weighted by Crippen LogP contribution is 2.28. The number of hydrogen-bond acceptors (Lipinski definition) is 5. The van der Waals surface area contributed by atoms with Crippen LogP contribution in [0, 0.1) is 0 Å². The molecule has 0 heterocycles. The Morgan fingerprint density at radius 1 is 1.06 bits per heavy atom. The Balaban J connectivity index is 2.44. The molecule has 0 radical (unpaired) electrons. The summed E-state index contributed by atoms with van der Waals surface area (Å²) in [5.74, 6) is -0.0750. The van der Waals surface area contributed by atoms with Crippen LogP contribution in [-0.4, -0.2) is 57.1 Å². The molecule has 0 saturated carbocycles. The Kier molecular flexibility index (Phi) is 10.6. The minimum atomic E-state index is -3.79. The number of methoxy groups -OCH3 is 1. The van der Waals surface area contributed by atoms with Crippen LogP contribution in [0.2, 0.25) is 0 Å². The number of rotatable bonds is 12. The largest absolute Gasteiger partial charge is 0.497 e. The van der Waals surface area contributed by atoms with Crippen molar-refractivity contribution in [3.63, 3.8) is 0 Å². The van der Waals surface area contributed by atoms with E-state index in [-0.39, 0.29) is 18.5 Å². The molecule has 1 N–H and O–H groups in total. The van der Waals surface area contributed by atoms with Gasteiger partial charge in [0.1, 0.15) is 18.3 Å². The van der Waals surface area contributed by atoms with Gasteiger partial charge in [0.05, 0.1) is 19.1 Å². The number of para-hydroxylation sites is 1. The van der Waals surface area contributed by atoms with E-state index in [2.05, 4.69) is 21.2 Å². The van der Waals surface area contributed by atoms with Crippen molar-refractivity contribution in [2.45, 2.75) is 52.2 Å². The number of carbonyl (C=O) groups is 2. The highest BCUT2D eigenvalue weighted by molar-refractivity contribution is 9.10. The van der Waals surface area contributed by atoms with Gasteiger partial charge in [-0.2, -0.15) is 0 Å². The first kappa shape index (κ1) is 28.6. The summed E-state index contributed by atoms with van der Waals surface area (Å²) in [6.45, 7) is 5.40. The van der Waals surface area contributed by atoms with E-state index in [1.807, 2.05) is 32.9 Å². The lowest BCUT2D eigenvalue weighted by atomic mass is 10.1. The molecule has 0 spiro atoms. The fourth-order valence-corrected chi connectivity index (χ4v) is 5.01. The molecule has 2 rings (SSSR count). The van der Waals surface area contributed by atoms with Crippen LogP contribution in [0.3, 0.4) is 0 Å². The van der Waals surface area contributed by atoms with Crippen LogP contribution < -0.4 is 14.4 Å². The molecule has 192 valence electrons. The van der Waals surface area contributed by atoms with Crippen molar-refractivity contribution in [2.75, 3.05) is 24.2 Å². The van der Waals surface area contributed by atoms with E-state index in [0.29, 0.717) is 22.3 Å². The highest BCUT2D eigenvalue weighted by atomic mass is 79.9. The standard InChI is InChI=1S/C25H34BrN3O5S/c1-6-18(3)27-25(31)22(7-2)28(16-19-12-14-20(34-4)15-13-19)24(30)17-29(35(5,32)33)23-11-9-8-10-21(23)26/h8-15,18,22H,6-7,16-17H2,1-5H3,(H,27,31)/t18-,22+/m1/s1. The molecule has 0 saturated heterocycles. The van der Waals surface area contributed by atoms with Gasteiger partial charge in [-0.15, -0.1) is 0 Å². The number of ether oxygens (including phenoxy) is 1. The molecule has 10 heteroatoms. The molecule has 0 aromatic heterocycles. The number of halogens is 1. The fraction of sp³-hybridized carbons (Fsp3) is 0.440. The summed E-state index contributed by atoms with van der Waals surface area (Å²) in [6.07, 6.45) is 2.18. The molecule has 0 aliphatic heterocycles. The fourth-order valence-electron chi connectivity index (χ4n) is 3.54. The summed E-state index contributed by atoms with van der Waals surface area (Å²) in [6, 6.07) is 13.2. The molecule has 0 aliphatic rings. The average Bonchev–Trinajstić information content (AvgIpc) is 2.82. The minimum absolute atomic E-state index is 0.0534. The number of nitrogens with one attached hydrogen (secondary N) is 1. The number of amides is 2. The molecule has 2 aromatic rings. The number of hydrogen-bond donors (Lipinski definition) is 1. The monoisotopic (exact) mass is 567 g/mol. The molecule has 2 amide bonds. The first-order chi connectivity index (χ1) is 16.5. The van der Waals surface area contributed by atoms with E-state index in [1.165, 1.54) is 4.90 Å². The highest BCUT2D eigenvalue weighted by Gasteiger charge is 2.32. The van der Waals surface area contributed by atoms with Crippen molar-refractivity contribution < 1.29 is 22.7 Å². The van der Waals surface area contributed by atoms with Gasteiger partial charge < -0.3 is 15.0 Å². The van der Waals surface area contributed by atoms with Crippen molar-refractivity contribution in [3.8, 4) is 5.75 Å². The second kappa shape index (κ2) is 12.9. The van der Waals surface area contributed by atoms with E-state index in [0.717, 1.165) is 22.5 Å². The lowest BCUT2D eigenvalue weighted by molar-refractivity contribution is -0.140. The summed E-state index contributed by atoms with van der Waals surface area (Å²) < 4.78 is 32.2. The number of nitrogens with zero attached hydrogens (tertiary/aromatic N) is 2. The van der Waals surface area contributed by atoms with Gasteiger partial charge in [-0.1, -0.05) is 38.1 Å². The van der Waals surface area contributed by atoms with Crippen molar-refractivity contribution in [1.82, 2.24) is 10.2 Å². The van der Waals surface area contributed by atoms with Gasteiger partial charge in [-0.25, -0.2) is 8.42 Å². The molecule has 2 aromatic carbocycles. The van der Waals surface area contributed by atoms with E-state index >= 15 is 0 Å². The van der Waals surface area contributed by atoms with Gasteiger partial charge in [0.25, 0.3) is 0 Å². The van der Waals surface area contributed by atoms with Gasteiger partial charge in [-0.3, -0.25) is 13.9 Å². The summed E-state index contributed by atoms with van der Waals surface area (Å²) in [5.41, 5.74) is 1.14. The van der Waals surface area contributed by atoms with Crippen LogP contribution in [0.1, 0.15) is 39.2 Å². The molecule has 2 atom stereocenters. The molecule has 0 fully saturated rings. The van der Waals surface area contributed by atoms with E-state index in [1.54, 1.807) is 43.5 Å². The molecule has 35 heavy (non-hydrogen) atoms. The SMILES string of the molecule is CC[C@@H](C)NC(=O)[C@H](CC)N(Cc1ccc(OC)cc1)C(=O)CN(c1ccccc1Br)S(C)(=O)=O. The number of anilines is 1. The Morgan fingerprint density at radius 2 is 1.69 bits per heavy atom. The van der Waals surface area contributed by atoms with Gasteiger partial charge >= 0.3 is 0 Å². The Bertz CT molecular complexity index is 1110. The van der Waals surface area contributed by atoms with Crippen LogP contribution in [-0.2, 0) is 26.2 Å². The third-order valence-corrected chi connectivity index (χ3v) is 7.50. The Morgan fingerprint density at radius 3 is 2.20 bits per heavy atom. The first-order valence-electron chi connectivity index (χ1n) is 11.5. The van der Waals surface area contributed by atoms with E-state index in [9.17, 15) is 18.0 Å². The van der Waals surface area contributed by atoms with Crippen molar-refractivity contribution in [1.29, 1.82) is 0 Å². The maximum atomic E-state index is 13.7. The third-order valence-electron chi connectivity index (χ3n) is 5.70. The summed E-state index contributed by atoms with van der Waals surface area (Å²) >= 11 is 3.38. The Hall–Kier alpha value is -2.59. The lowest BCUT2D eigenvalue weighted by Crippen LogP contribution is -2.53. The molecule has 0 bridgehead atoms. The molecule has 0 aliphatic carbocycles.